The first-order valence-corrected chi connectivity index (χ1v) is 15.1. The number of rotatable bonds is 12. The minimum atomic E-state index is -0.432. The van der Waals surface area contributed by atoms with Gasteiger partial charge in [-0.2, -0.15) is 4.98 Å². The van der Waals surface area contributed by atoms with E-state index in [-0.39, 0.29) is 17.4 Å². The molecule has 1 amide bonds. The lowest BCUT2D eigenvalue weighted by Crippen LogP contribution is -2.16. The fourth-order valence-corrected chi connectivity index (χ4v) is 5.12. The molecule has 0 saturated carbocycles. The number of para-hydroxylation sites is 1. The third kappa shape index (κ3) is 7.20. The lowest BCUT2D eigenvalue weighted by atomic mass is 10.0. The van der Waals surface area contributed by atoms with Crippen LogP contribution in [0.1, 0.15) is 21.5 Å². The van der Waals surface area contributed by atoms with Crippen molar-refractivity contribution in [3.05, 3.63) is 95.7 Å². The number of methoxy groups -OCH3 is 4. The molecule has 11 heteroatoms. The maximum Gasteiger partial charge on any atom is 0.262 e. The molecule has 0 aliphatic heterocycles. The van der Waals surface area contributed by atoms with Crippen molar-refractivity contribution in [2.24, 2.45) is 0 Å². The largest absolute Gasteiger partial charge is 0.493 e. The summed E-state index contributed by atoms with van der Waals surface area (Å²) in [5, 5.41) is 6.16. The molecule has 1 heterocycles. The van der Waals surface area contributed by atoms with Gasteiger partial charge in [-0.15, -0.1) is 0 Å². The first kappa shape index (κ1) is 33.4. The third-order valence-electron chi connectivity index (χ3n) is 7.73. The van der Waals surface area contributed by atoms with Crippen LogP contribution in [0.2, 0.25) is 0 Å². The van der Waals surface area contributed by atoms with Crippen LogP contribution in [-0.4, -0.2) is 58.4 Å². The SMILES string of the molecule is COc1cc(-c2ccc(N(C)C)cc2)ccc1Oc1nc(Nc2cc(OC)c(OC)c(OC)c2)ncc1C(=O)Nc1c(C)cccc1C. The monoisotopic (exact) mass is 649 g/mol. The van der Waals surface area contributed by atoms with E-state index in [9.17, 15) is 4.79 Å². The van der Waals surface area contributed by atoms with E-state index in [1.54, 1.807) is 25.3 Å². The molecular formula is C37H39N5O6. The Bertz CT molecular complexity index is 1880. The second-order valence-corrected chi connectivity index (χ2v) is 11.1. The molecule has 0 atom stereocenters. The van der Waals surface area contributed by atoms with E-state index in [4.69, 9.17) is 23.7 Å². The summed E-state index contributed by atoms with van der Waals surface area (Å²) < 4.78 is 28.5. The van der Waals surface area contributed by atoms with E-state index in [0.717, 1.165) is 27.9 Å². The van der Waals surface area contributed by atoms with Gasteiger partial charge in [-0.1, -0.05) is 36.4 Å². The number of hydrogen-bond acceptors (Lipinski definition) is 10. The number of anilines is 4. The Hall–Kier alpha value is -5.97. The van der Waals surface area contributed by atoms with Crippen molar-refractivity contribution in [2.45, 2.75) is 13.8 Å². The molecule has 0 spiro atoms. The van der Waals surface area contributed by atoms with Crippen molar-refractivity contribution in [2.75, 3.05) is 58.1 Å². The minimum absolute atomic E-state index is 0.0186. The summed E-state index contributed by atoms with van der Waals surface area (Å²) in [5.74, 6) is 1.91. The number of nitrogens with zero attached hydrogens (tertiary/aromatic N) is 3. The highest BCUT2D eigenvalue weighted by Gasteiger charge is 2.21. The van der Waals surface area contributed by atoms with E-state index in [1.807, 2.05) is 75.3 Å². The van der Waals surface area contributed by atoms with Gasteiger partial charge in [0.1, 0.15) is 5.56 Å². The molecule has 0 aliphatic rings. The number of aromatic nitrogens is 2. The zero-order valence-corrected chi connectivity index (χ0v) is 28.3. The van der Waals surface area contributed by atoms with Gasteiger partial charge < -0.3 is 39.2 Å². The summed E-state index contributed by atoms with van der Waals surface area (Å²) in [6.45, 7) is 3.86. The predicted octanol–water partition coefficient (Wildman–Crippen LogP) is 7.65. The van der Waals surface area contributed by atoms with Crippen molar-refractivity contribution >= 4 is 28.9 Å². The first-order valence-electron chi connectivity index (χ1n) is 15.1. The van der Waals surface area contributed by atoms with Gasteiger partial charge in [0, 0.05) is 49.5 Å². The number of carbonyl (C=O) groups excluding carboxylic acids is 1. The van der Waals surface area contributed by atoms with Gasteiger partial charge in [-0.3, -0.25) is 4.79 Å². The molecule has 11 nitrogen and oxygen atoms in total. The first-order chi connectivity index (χ1) is 23.1. The summed E-state index contributed by atoms with van der Waals surface area (Å²) in [6, 6.07) is 23.0. The number of nitrogens with one attached hydrogen (secondary N) is 2. The lowest BCUT2D eigenvalue weighted by molar-refractivity contribution is 0.102. The highest BCUT2D eigenvalue weighted by Crippen LogP contribution is 2.41. The topological polar surface area (TPSA) is 116 Å². The van der Waals surface area contributed by atoms with Crippen molar-refractivity contribution < 1.29 is 28.5 Å². The zero-order valence-electron chi connectivity index (χ0n) is 28.3. The van der Waals surface area contributed by atoms with Crippen LogP contribution in [0.5, 0.6) is 34.6 Å². The van der Waals surface area contributed by atoms with Crippen LogP contribution in [-0.2, 0) is 0 Å². The Morgan fingerprint density at radius 3 is 1.94 bits per heavy atom. The predicted molar refractivity (Wildman–Crippen MR) is 188 cm³/mol. The molecule has 0 radical (unpaired) electrons. The number of aryl methyl sites for hydroxylation is 2. The van der Waals surface area contributed by atoms with Crippen molar-refractivity contribution in [3.63, 3.8) is 0 Å². The Morgan fingerprint density at radius 2 is 1.35 bits per heavy atom. The van der Waals surface area contributed by atoms with Crippen LogP contribution in [0.25, 0.3) is 11.1 Å². The second-order valence-electron chi connectivity index (χ2n) is 11.1. The highest BCUT2D eigenvalue weighted by molar-refractivity contribution is 6.06. The van der Waals surface area contributed by atoms with Crippen molar-refractivity contribution in [3.8, 4) is 45.8 Å². The van der Waals surface area contributed by atoms with Gasteiger partial charge in [0.2, 0.25) is 17.6 Å². The average molecular weight is 650 g/mol. The summed E-state index contributed by atoms with van der Waals surface area (Å²) in [6.07, 6.45) is 1.42. The van der Waals surface area contributed by atoms with E-state index >= 15 is 0 Å². The smallest absolute Gasteiger partial charge is 0.262 e. The Labute approximate surface area is 280 Å². The highest BCUT2D eigenvalue weighted by atomic mass is 16.5. The lowest BCUT2D eigenvalue weighted by Gasteiger charge is -2.17. The molecule has 48 heavy (non-hydrogen) atoms. The van der Waals surface area contributed by atoms with E-state index in [2.05, 4.69) is 32.7 Å². The zero-order chi connectivity index (χ0) is 34.4. The Morgan fingerprint density at radius 1 is 0.729 bits per heavy atom. The van der Waals surface area contributed by atoms with E-state index in [0.29, 0.717) is 40.1 Å². The van der Waals surface area contributed by atoms with E-state index < -0.39 is 5.91 Å². The van der Waals surface area contributed by atoms with Crippen molar-refractivity contribution in [1.82, 2.24) is 9.97 Å². The molecule has 0 unspecified atom stereocenters. The summed E-state index contributed by atoms with van der Waals surface area (Å²) in [7, 11) is 10.2. The molecule has 2 N–H and O–H groups in total. The van der Waals surface area contributed by atoms with Crippen LogP contribution in [0.4, 0.5) is 23.0 Å². The van der Waals surface area contributed by atoms with Crippen LogP contribution in [0.15, 0.2) is 79.0 Å². The number of amides is 1. The average Bonchev–Trinajstić information content (AvgIpc) is 3.09. The van der Waals surface area contributed by atoms with Crippen LogP contribution >= 0.6 is 0 Å². The fraction of sp³-hybridized carbons (Fsp3) is 0.216. The van der Waals surface area contributed by atoms with Crippen LogP contribution in [0.3, 0.4) is 0 Å². The number of carbonyl (C=O) groups is 1. The molecule has 1 aromatic heterocycles. The minimum Gasteiger partial charge on any atom is -0.493 e. The van der Waals surface area contributed by atoms with Gasteiger partial charge in [-0.25, -0.2) is 4.98 Å². The summed E-state index contributed by atoms with van der Waals surface area (Å²) in [4.78, 5) is 24.8. The third-order valence-corrected chi connectivity index (χ3v) is 7.73. The molecule has 4 aromatic carbocycles. The van der Waals surface area contributed by atoms with Gasteiger partial charge in [0.15, 0.2) is 23.0 Å². The summed E-state index contributed by atoms with van der Waals surface area (Å²) in [5.41, 5.74) is 6.27. The van der Waals surface area contributed by atoms with E-state index in [1.165, 1.54) is 27.5 Å². The summed E-state index contributed by atoms with van der Waals surface area (Å²) >= 11 is 0. The maximum atomic E-state index is 13.7. The van der Waals surface area contributed by atoms with Gasteiger partial charge in [-0.05, 0) is 60.4 Å². The molecule has 0 saturated heterocycles. The normalized spacial score (nSPS) is 10.6. The number of hydrogen-bond donors (Lipinski definition) is 2. The second kappa shape index (κ2) is 14.6. The van der Waals surface area contributed by atoms with Crippen LogP contribution in [0, 0.1) is 13.8 Å². The van der Waals surface area contributed by atoms with Gasteiger partial charge >= 0.3 is 0 Å². The molecule has 5 aromatic rings. The quantitative estimate of drug-likeness (QED) is 0.140. The molecule has 0 bridgehead atoms. The molecule has 0 fully saturated rings. The molecule has 5 rings (SSSR count). The maximum absolute atomic E-state index is 13.7. The van der Waals surface area contributed by atoms with Gasteiger partial charge in [0.25, 0.3) is 5.91 Å². The van der Waals surface area contributed by atoms with Crippen LogP contribution < -0.4 is 39.2 Å². The standard InChI is InChI=1S/C37H39N5O6/c1-22-10-9-11-23(2)33(22)40-35(43)28-21-38-37(39-26-19-31(45-6)34(47-8)32(20-26)46-7)41-36(28)48-29-17-14-25(18-30(29)44-5)24-12-15-27(16-13-24)42(3)4/h9-21H,1-8H3,(H,40,43)(H,38,39,41). The Kier molecular flexibility index (Phi) is 10.2. The van der Waals surface area contributed by atoms with Gasteiger partial charge in [0.05, 0.1) is 28.4 Å². The number of ether oxygens (including phenoxy) is 5. The molecule has 248 valence electrons. The number of benzene rings is 4. The molecular weight excluding hydrogens is 610 g/mol. The fourth-order valence-electron chi connectivity index (χ4n) is 5.12. The Balaban J connectivity index is 1.53. The molecule has 0 aliphatic carbocycles. The van der Waals surface area contributed by atoms with Crippen molar-refractivity contribution in [1.29, 1.82) is 0 Å².